The number of rotatable bonds is 1. The van der Waals surface area contributed by atoms with E-state index in [0.717, 1.165) is 17.6 Å². The van der Waals surface area contributed by atoms with Crippen molar-refractivity contribution in [3.05, 3.63) is 28.2 Å². The molecule has 0 bridgehead atoms. The number of ether oxygens (including phenoxy) is 1. The number of amides is 1. The first-order valence-electron chi connectivity index (χ1n) is 8.50. The summed E-state index contributed by atoms with van der Waals surface area (Å²) in [5, 5.41) is 0. The Hall–Kier alpha value is -1.23. The number of carbonyl (C=O) groups is 1. The van der Waals surface area contributed by atoms with Gasteiger partial charge in [0.1, 0.15) is 5.60 Å². The van der Waals surface area contributed by atoms with Gasteiger partial charge in [0, 0.05) is 36.3 Å². The highest BCUT2D eigenvalue weighted by Crippen LogP contribution is 2.34. The first kappa shape index (κ1) is 19.1. The van der Waals surface area contributed by atoms with Crippen LogP contribution in [0.25, 0.3) is 0 Å². The van der Waals surface area contributed by atoms with Crippen LogP contribution in [-0.2, 0) is 10.2 Å². The molecule has 0 N–H and O–H groups in total. The van der Waals surface area contributed by atoms with Crippen molar-refractivity contribution in [1.29, 1.82) is 0 Å². The zero-order valence-corrected chi connectivity index (χ0v) is 17.2. The SMILES string of the molecule is CC(C)(C)OC(=O)N1CCN(c2ccc(Br)cc2C(C)(C)C)CC1. The van der Waals surface area contributed by atoms with Crippen LogP contribution in [0.2, 0.25) is 0 Å². The predicted octanol–water partition coefficient (Wildman–Crippen LogP) is 4.80. The summed E-state index contributed by atoms with van der Waals surface area (Å²) in [5.74, 6) is 0. The highest BCUT2D eigenvalue weighted by molar-refractivity contribution is 9.10. The fourth-order valence-corrected chi connectivity index (χ4v) is 3.20. The van der Waals surface area contributed by atoms with Crippen molar-refractivity contribution < 1.29 is 9.53 Å². The van der Waals surface area contributed by atoms with Gasteiger partial charge in [0.2, 0.25) is 0 Å². The minimum Gasteiger partial charge on any atom is -0.444 e. The molecule has 24 heavy (non-hydrogen) atoms. The van der Waals surface area contributed by atoms with Gasteiger partial charge >= 0.3 is 6.09 Å². The lowest BCUT2D eigenvalue weighted by molar-refractivity contribution is 0.0240. The number of carbonyl (C=O) groups excluding carboxylic acids is 1. The summed E-state index contributed by atoms with van der Waals surface area (Å²) in [6, 6.07) is 6.47. The van der Waals surface area contributed by atoms with Gasteiger partial charge in [-0.15, -0.1) is 0 Å². The molecule has 1 fully saturated rings. The first-order valence-corrected chi connectivity index (χ1v) is 9.29. The Kier molecular flexibility index (Phi) is 5.53. The summed E-state index contributed by atoms with van der Waals surface area (Å²) >= 11 is 3.58. The second kappa shape index (κ2) is 6.95. The van der Waals surface area contributed by atoms with Crippen molar-refractivity contribution in [3.8, 4) is 0 Å². The average molecular weight is 397 g/mol. The Morgan fingerprint density at radius 2 is 1.62 bits per heavy atom. The van der Waals surface area contributed by atoms with Gasteiger partial charge in [0.05, 0.1) is 0 Å². The molecule has 0 radical (unpaired) electrons. The maximum absolute atomic E-state index is 12.2. The van der Waals surface area contributed by atoms with E-state index < -0.39 is 5.60 Å². The van der Waals surface area contributed by atoms with Gasteiger partial charge in [-0.1, -0.05) is 36.7 Å². The predicted molar refractivity (Wildman–Crippen MR) is 103 cm³/mol. The Bertz CT molecular complexity index is 594. The van der Waals surface area contributed by atoms with Crippen LogP contribution in [0.5, 0.6) is 0 Å². The summed E-state index contributed by atoms with van der Waals surface area (Å²) in [6.45, 7) is 15.4. The summed E-state index contributed by atoms with van der Waals surface area (Å²) in [6.07, 6.45) is -0.214. The molecule has 0 aromatic heterocycles. The first-order chi connectivity index (χ1) is 11.0. The molecule has 1 saturated heterocycles. The summed E-state index contributed by atoms with van der Waals surface area (Å²) in [4.78, 5) is 16.4. The van der Waals surface area contributed by atoms with E-state index in [0.29, 0.717) is 13.1 Å². The second-order valence-corrected chi connectivity index (χ2v) is 9.28. The molecule has 0 spiro atoms. The van der Waals surface area contributed by atoms with Gasteiger partial charge in [-0.2, -0.15) is 0 Å². The highest BCUT2D eigenvalue weighted by atomic mass is 79.9. The molecule has 5 heteroatoms. The lowest BCUT2D eigenvalue weighted by atomic mass is 9.85. The van der Waals surface area contributed by atoms with Gasteiger partial charge in [-0.3, -0.25) is 0 Å². The third kappa shape index (κ3) is 4.88. The summed E-state index contributed by atoms with van der Waals surface area (Å²) < 4.78 is 6.57. The zero-order chi connectivity index (χ0) is 18.1. The topological polar surface area (TPSA) is 32.8 Å². The van der Waals surface area contributed by atoms with Crippen molar-refractivity contribution >= 4 is 27.7 Å². The van der Waals surface area contributed by atoms with Crippen LogP contribution in [0.3, 0.4) is 0 Å². The average Bonchev–Trinajstić information content (AvgIpc) is 2.44. The van der Waals surface area contributed by atoms with Crippen molar-refractivity contribution in [1.82, 2.24) is 4.90 Å². The van der Waals surface area contributed by atoms with Crippen molar-refractivity contribution in [2.24, 2.45) is 0 Å². The fraction of sp³-hybridized carbons (Fsp3) is 0.632. The number of halogens is 1. The molecule has 1 amide bonds. The van der Waals surface area contributed by atoms with E-state index >= 15 is 0 Å². The van der Waals surface area contributed by atoms with Gasteiger partial charge in [-0.05, 0) is 49.9 Å². The van der Waals surface area contributed by atoms with E-state index in [9.17, 15) is 4.79 Å². The molecule has 2 rings (SSSR count). The molecule has 1 aliphatic heterocycles. The Morgan fingerprint density at radius 3 is 2.12 bits per heavy atom. The van der Waals surface area contributed by atoms with Crippen LogP contribution in [0.1, 0.15) is 47.1 Å². The molecule has 0 atom stereocenters. The molecule has 1 heterocycles. The number of hydrogen-bond donors (Lipinski definition) is 0. The van der Waals surface area contributed by atoms with Crippen LogP contribution in [-0.4, -0.2) is 42.8 Å². The van der Waals surface area contributed by atoms with E-state index in [4.69, 9.17) is 4.74 Å². The Balaban J connectivity index is 2.09. The monoisotopic (exact) mass is 396 g/mol. The minimum absolute atomic E-state index is 0.0708. The summed E-state index contributed by atoms with van der Waals surface area (Å²) in [5.41, 5.74) is 2.21. The van der Waals surface area contributed by atoms with E-state index in [1.165, 1.54) is 11.3 Å². The molecule has 134 valence electrons. The third-order valence-electron chi connectivity index (χ3n) is 4.04. The maximum atomic E-state index is 12.2. The number of nitrogens with zero attached hydrogens (tertiary/aromatic N) is 2. The smallest absolute Gasteiger partial charge is 0.410 e. The normalized spacial score (nSPS) is 16.3. The quantitative estimate of drug-likeness (QED) is 0.682. The third-order valence-corrected chi connectivity index (χ3v) is 4.53. The van der Waals surface area contributed by atoms with E-state index in [1.807, 2.05) is 20.8 Å². The molecular formula is C19H29BrN2O2. The Morgan fingerprint density at radius 1 is 1.04 bits per heavy atom. The molecule has 1 aliphatic rings. The van der Waals surface area contributed by atoms with Crippen LogP contribution in [0.4, 0.5) is 10.5 Å². The summed E-state index contributed by atoms with van der Waals surface area (Å²) in [7, 11) is 0. The molecule has 1 aromatic carbocycles. The molecule has 0 aliphatic carbocycles. The van der Waals surface area contributed by atoms with Gasteiger partial charge < -0.3 is 14.5 Å². The largest absolute Gasteiger partial charge is 0.444 e. The zero-order valence-electron chi connectivity index (χ0n) is 15.6. The van der Waals surface area contributed by atoms with E-state index in [-0.39, 0.29) is 11.5 Å². The highest BCUT2D eigenvalue weighted by Gasteiger charge is 2.28. The van der Waals surface area contributed by atoms with Gasteiger partial charge in [0.25, 0.3) is 0 Å². The molecule has 0 saturated carbocycles. The number of anilines is 1. The fourth-order valence-electron chi connectivity index (χ4n) is 2.84. The van der Waals surface area contributed by atoms with Crippen molar-refractivity contribution in [2.75, 3.05) is 31.1 Å². The number of benzene rings is 1. The lowest BCUT2D eigenvalue weighted by Crippen LogP contribution is -2.50. The van der Waals surface area contributed by atoms with Crippen LogP contribution in [0.15, 0.2) is 22.7 Å². The minimum atomic E-state index is -0.445. The van der Waals surface area contributed by atoms with Crippen LogP contribution < -0.4 is 4.90 Å². The van der Waals surface area contributed by atoms with Crippen molar-refractivity contribution in [3.63, 3.8) is 0 Å². The van der Waals surface area contributed by atoms with Crippen LogP contribution >= 0.6 is 15.9 Å². The lowest BCUT2D eigenvalue weighted by Gasteiger charge is -2.39. The van der Waals surface area contributed by atoms with E-state index in [2.05, 4.69) is 59.8 Å². The number of hydrogen-bond acceptors (Lipinski definition) is 3. The Labute approximate surface area is 154 Å². The van der Waals surface area contributed by atoms with Crippen LogP contribution in [0, 0.1) is 0 Å². The number of piperazine rings is 1. The standard InChI is InChI=1S/C19H29BrN2O2/c1-18(2,3)15-13-14(20)7-8-16(15)21-9-11-22(12-10-21)17(23)24-19(4,5)6/h7-8,13H,9-12H2,1-6H3. The second-order valence-electron chi connectivity index (χ2n) is 8.37. The molecular weight excluding hydrogens is 368 g/mol. The maximum Gasteiger partial charge on any atom is 0.410 e. The molecule has 0 unspecified atom stereocenters. The molecule has 1 aromatic rings. The molecule has 4 nitrogen and oxygen atoms in total. The van der Waals surface area contributed by atoms with E-state index in [1.54, 1.807) is 4.90 Å². The van der Waals surface area contributed by atoms with Crippen molar-refractivity contribution in [2.45, 2.75) is 52.6 Å². The van der Waals surface area contributed by atoms with Gasteiger partial charge in [0.15, 0.2) is 0 Å². The van der Waals surface area contributed by atoms with Gasteiger partial charge in [-0.25, -0.2) is 4.79 Å².